The maximum absolute atomic E-state index is 10.7. The second-order valence-electron chi connectivity index (χ2n) is 2.80. The molecular weight excluding hydrogens is 188 g/mol. The molecule has 2 rings (SSSR count). The lowest BCUT2D eigenvalue weighted by Crippen LogP contribution is -1.93. The van der Waals surface area contributed by atoms with Crippen LogP contribution in [0.3, 0.4) is 0 Å². The highest BCUT2D eigenvalue weighted by Gasteiger charge is 2.04. The largest absolute Gasteiger partial charge is 0.296 e. The molecule has 0 fully saturated rings. The number of rotatable bonds is 1. The summed E-state index contributed by atoms with van der Waals surface area (Å²) in [5.41, 5.74) is 2.25. The average Bonchev–Trinajstić information content (AvgIpc) is 2.47. The summed E-state index contributed by atoms with van der Waals surface area (Å²) in [7, 11) is 0. The molecule has 2 aromatic heterocycles. The molecule has 0 saturated carbocycles. The maximum atomic E-state index is 10.7. The quantitative estimate of drug-likeness (QED) is 0.652. The molecule has 0 aliphatic heterocycles. The van der Waals surface area contributed by atoms with Crippen molar-refractivity contribution in [3.05, 3.63) is 34.9 Å². The maximum Gasteiger partial charge on any atom is 0.166 e. The molecule has 0 atom stereocenters. The minimum atomic E-state index is 0.517. The molecule has 4 heteroatoms. The molecule has 0 aliphatic carbocycles. The fourth-order valence-electron chi connectivity index (χ4n) is 1.30. The van der Waals surface area contributed by atoms with Crippen LogP contribution in [0.4, 0.5) is 0 Å². The monoisotopic (exact) mass is 194 g/mol. The van der Waals surface area contributed by atoms with Crippen molar-refractivity contribution in [2.45, 2.75) is 6.92 Å². The molecule has 0 radical (unpaired) electrons. The van der Waals surface area contributed by atoms with Crippen molar-refractivity contribution in [2.24, 2.45) is 0 Å². The SMILES string of the molecule is Cc1ncn2c(C=O)cc(Cl)cc12. The molecule has 0 aromatic carbocycles. The summed E-state index contributed by atoms with van der Waals surface area (Å²) in [5.74, 6) is 0. The van der Waals surface area contributed by atoms with Crippen LogP contribution in [0.1, 0.15) is 16.2 Å². The van der Waals surface area contributed by atoms with E-state index in [2.05, 4.69) is 4.98 Å². The summed E-state index contributed by atoms with van der Waals surface area (Å²) in [5, 5.41) is 0.554. The van der Waals surface area contributed by atoms with Crippen molar-refractivity contribution in [3.63, 3.8) is 0 Å². The van der Waals surface area contributed by atoms with Crippen LogP contribution in [0.2, 0.25) is 5.02 Å². The number of hydrogen-bond acceptors (Lipinski definition) is 2. The van der Waals surface area contributed by atoms with E-state index in [0.29, 0.717) is 10.7 Å². The Bertz CT molecular complexity index is 476. The molecule has 2 aromatic rings. The van der Waals surface area contributed by atoms with Gasteiger partial charge in [-0.3, -0.25) is 9.20 Å². The number of nitrogens with zero attached hydrogens (tertiary/aromatic N) is 2. The van der Waals surface area contributed by atoms with Gasteiger partial charge in [0.1, 0.15) is 6.33 Å². The molecule has 0 aliphatic rings. The van der Waals surface area contributed by atoms with Crippen LogP contribution >= 0.6 is 11.6 Å². The first kappa shape index (κ1) is 8.26. The van der Waals surface area contributed by atoms with Crippen LogP contribution in [0, 0.1) is 6.92 Å². The van der Waals surface area contributed by atoms with Gasteiger partial charge in [0.25, 0.3) is 0 Å². The zero-order valence-corrected chi connectivity index (χ0v) is 7.75. The van der Waals surface area contributed by atoms with Crippen LogP contribution in [0.25, 0.3) is 5.52 Å². The van der Waals surface area contributed by atoms with Gasteiger partial charge >= 0.3 is 0 Å². The zero-order chi connectivity index (χ0) is 9.42. The van der Waals surface area contributed by atoms with Crippen molar-refractivity contribution in [3.8, 4) is 0 Å². The van der Waals surface area contributed by atoms with Gasteiger partial charge in [0.05, 0.1) is 16.9 Å². The van der Waals surface area contributed by atoms with Crippen molar-refractivity contribution in [1.29, 1.82) is 0 Å². The van der Waals surface area contributed by atoms with Crippen molar-refractivity contribution < 1.29 is 4.79 Å². The Labute approximate surface area is 80.0 Å². The molecule has 0 bridgehead atoms. The van der Waals surface area contributed by atoms with Gasteiger partial charge in [0.2, 0.25) is 0 Å². The number of carbonyl (C=O) groups excluding carboxylic acids is 1. The predicted octanol–water partition coefficient (Wildman–Crippen LogP) is 2.11. The summed E-state index contributed by atoms with van der Waals surface area (Å²) in [6, 6.07) is 3.40. The van der Waals surface area contributed by atoms with E-state index in [1.165, 1.54) is 0 Å². The molecule has 0 spiro atoms. The Hall–Kier alpha value is -1.35. The number of hydrogen-bond donors (Lipinski definition) is 0. The van der Waals surface area contributed by atoms with E-state index < -0.39 is 0 Å². The fourth-order valence-corrected chi connectivity index (χ4v) is 1.52. The smallest absolute Gasteiger partial charge is 0.166 e. The normalized spacial score (nSPS) is 10.6. The Balaban J connectivity index is 2.91. The van der Waals surface area contributed by atoms with Crippen molar-refractivity contribution in [2.75, 3.05) is 0 Å². The molecule has 0 N–H and O–H groups in total. The van der Waals surface area contributed by atoms with Crippen LogP contribution in [0.5, 0.6) is 0 Å². The van der Waals surface area contributed by atoms with E-state index in [9.17, 15) is 4.79 Å². The van der Waals surface area contributed by atoms with Gasteiger partial charge in [0, 0.05) is 5.02 Å². The first-order valence-electron chi connectivity index (χ1n) is 3.81. The second-order valence-corrected chi connectivity index (χ2v) is 3.24. The van der Waals surface area contributed by atoms with Gasteiger partial charge in [0.15, 0.2) is 6.29 Å². The lowest BCUT2D eigenvalue weighted by Gasteiger charge is -1.99. The third-order valence-electron chi connectivity index (χ3n) is 1.96. The minimum absolute atomic E-state index is 0.517. The Morgan fingerprint density at radius 2 is 2.31 bits per heavy atom. The van der Waals surface area contributed by atoms with E-state index >= 15 is 0 Å². The van der Waals surface area contributed by atoms with Gasteiger partial charge in [-0.25, -0.2) is 4.98 Å². The van der Waals surface area contributed by atoms with Crippen LogP contribution < -0.4 is 0 Å². The fraction of sp³-hybridized carbons (Fsp3) is 0.111. The van der Waals surface area contributed by atoms with E-state index in [0.717, 1.165) is 17.5 Å². The molecule has 2 heterocycles. The Morgan fingerprint density at radius 3 is 3.00 bits per heavy atom. The highest BCUT2D eigenvalue weighted by Crippen LogP contribution is 2.17. The van der Waals surface area contributed by atoms with E-state index in [4.69, 9.17) is 11.6 Å². The zero-order valence-electron chi connectivity index (χ0n) is 6.99. The third-order valence-corrected chi connectivity index (χ3v) is 2.17. The van der Waals surface area contributed by atoms with E-state index in [1.807, 2.05) is 6.92 Å². The molecule has 0 amide bonds. The highest BCUT2D eigenvalue weighted by molar-refractivity contribution is 6.31. The summed E-state index contributed by atoms with van der Waals surface area (Å²) in [6.07, 6.45) is 2.38. The summed E-state index contributed by atoms with van der Waals surface area (Å²) in [6.45, 7) is 1.88. The number of imidazole rings is 1. The number of carbonyl (C=O) groups is 1. The molecule has 3 nitrogen and oxygen atoms in total. The summed E-state index contributed by atoms with van der Waals surface area (Å²) in [4.78, 5) is 14.8. The number of aromatic nitrogens is 2. The first-order valence-corrected chi connectivity index (χ1v) is 4.18. The van der Waals surface area contributed by atoms with Gasteiger partial charge in [-0.1, -0.05) is 11.6 Å². The van der Waals surface area contributed by atoms with Gasteiger partial charge in [-0.15, -0.1) is 0 Å². The van der Waals surface area contributed by atoms with E-state index in [1.54, 1.807) is 22.9 Å². The van der Waals surface area contributed by atoms with Gasteiger partial charge < -0.3 is 0 Å². The van der Waals surface area contributed by atoms with Crippen LogP contribution in [-0.2, 0) is 0 Å². The van der Waals surface area contributed by atoms with Gasteiger partial charge in [-0.2, -0.15) is 0 Å². The third kappa shape index (κ3) is 1.21. The number of pyridine rings is 1. The molecule has 13 heavy (non-hydrogen) atoms. The number of aldehydes is 1. The summed E-state index contributed by atoms with van der Waals surface area (Å²) < 4.78 is 1.72. The standard InChI is InChI=1S/C9H7ClN2O/c1-6-9-3-7(10)2-8(4-13)12(9)5-11-6/h2-5H,1H3. The summed E-state index contributed by atoms with van der Waals surface area (Å²) >= 11 is 5.83. The second kappa shape index (κ2) is 2.85. The molecule has 66 valence electrons. The molecule has 0 unspecified atom stereocenters. The van der Waals surface area contributed by atoms with Gasteiger partial charge in [-0.05, 0) is 19.1 Å². The van der Waals surface area contributed by atoms with Crippen molar-refractivity contribution >= 4 is 23.4 Å². The number of fused-ring (bicyclic) bond motifs is 1. The minimum Gasteiger partial charge on any atom is -0.296 e. The Kier molecular flexibility index (Phi) is 1.81. The topological polar surface area (TPSA) is 34.4 Å². The highest BCUT2D eigenvalue weighted by atomic mass is 35.5. The predicted molar refractivity (Wildman–Crippen MR) is 50.3 cm³/mol. The lowest BCUT2D eigenvalue weighted by atomic mass is 10.3. The molecular formula is C9H7ClN2O. The Morgan fingerprint density at radius 1 is 1.54 bits per heavy atom. The first-order chi connectivity index (χ1) is 6.22. The van der Waals surface area contributed by atoms with Crippen LogP contribution in [-0.4, -0.2) is 15.7 Å². The van der Waals surface area contributed by atoms with E-state index in [-0.39, 0.29) is 0 Å². The average molecular weight is 195 g/mol. The lowest BCUT2D eigenvalue weighted by molar-refractivity contribution is 0.111. The number of aryl methyl sites for hydroxylation is 1. The number of halogens is 1. The van der Waals surface area contributed by atoms with Crippen molar-refractivity contribution in [1.82, 2.24) is 9.38 Å². The molecule has 0 saturated heterocycles. The van der Waals surface area contributed by atoms with Crippen LogP contribution in [0.15, 0.2) is 18.5 Å².